The number of nitrogens with zero attached hydrogens (tertiary/aromatic N) is 1. The van der Waals surface area contributed by atoms with Crippen molar-refractivity contribution in [2.45, 2.75) is 26.8 Å². The highest BCUT2D eigenvalue weighted by Gasteiger charge is 2.09. The summed E-state index contributed by atoms with van der Waals surface area (Å²) in [5.74, 6) is 0.733. The second-order valence-electron chi connectivity index (χ2n) is 5.75. The molecule has 0 atom stereocenters. The van der Waals surface area contributed by atoms with Crippen LogP contribution in [0.15, 0.2) is 52.0 Å². The molecule has 0 unspecified atom stereocenters. The van der Waals surface area contributed by atoms with Crippen molar-refractivity contribution in [3.8, 4) is 0 Å². The van der Waals surface area contributed by atoms with Crippen LogP contribution in [0.1, 0.15) is 26.5 Å². The van der Waals surface area contributed by atoms with Crippen LogP contribution in [0.2, 0.25) is 0 Å². The third-order valence-electron chi connectivity index (χ3n) is 3.53. The van der Waals surface area contributed by atoms with Gasteiger partial charge in [0.2, 0.25) is 0 Å². The van der Waals surface area contributed by atoms with Gasteiger partial charge in [0, 0.05) is 11.4 Å². The topological polar surface area (TPSA) is 49.6 Å². The molecular weight excluding hydrogens is 306 g/mol. The van der Waals surface area contributed by atoms with Gasteiger partial charge in [-0.2, -0.15) is 5.10 Å². The van der Waals surface area contributed by atoms with Crippen molar-refractivity contribution in [2.75, 3.05) is 0 Å². The second-order valence-corrected chi connectivity index (χ2v) is 6.15. The summed E-state index contributed by atoms with van der Waals surface area (Å²) >= 11 is 5.17. The van der Waals surface area contributed by atoms with Crippen LogP contribution in [-0.2, 0) is 0 Å². The molecule has 0 spiro atoms. The van der Waals surface area contributed by atoms with E-state index in [0.717, 1.165) is 22.4 Å². The lowest BCUT2D eigenvalue weighted by Crippen LogP contribution is -2.37. The van der Waals surface area contributed by atoms with E-state index in [0.29, 0.717) is 5.11 Å². The Morgan fingerprint density at radius 2 is 1.91 bits per heavy atom. The second kappa shape index (κ2) is 6.38. The summed E-state index contributed by atoms with van der Waals surface area (Å²) in [6.07, 6.45) is 0. The Morgan fingerprint density at radius 1 is 1.13 bits per heavy atom. The van der Waals surface area contributed by atoms with Gasteiger partial charge in [0.25, 0.3) is 0 Å². The number of fused-ring (bicyclic) bond motifs is 3. The van der Waals surface area contributed by atoms with E-state index in [1.165, 1.54) is 10.8 Å². The maximum absolute atomic E-state index is 5.92. The molecule has 3 rings (SSSR count). The fourth-order valence-electron chi connectivity index (χ4n) is 2.45. The lowest BCUT2D eigenvalue weighted by molar-refractivity contribution is 0.603. The molecule has 2 aromatic carbocycles. The molecule has 1 aromatic heterocycles. The lowest BCUT2D eigenvalue weighted by atomic mass is 10.1. The van der Waals surface area contributed by atoms with Crippen molar-refractivity contribution in [1.29, 1.82) is 0 Å². The minimum Gasteiger partial charge on any atom is -0.455 e. The standard InChI is InChI=1S/C18H19N3OS/c1-11(2)19-18(23)21-20-12(3)17-10-15-14-7-5-4-6-13(14)8-9-16(15)22-17/h4-11H,1-3H3,(H2,19,21,23)/b20-12-. The molecule has 4 nitrogen and oxygen atoms in total. The Hall–Kier alpha value is -2.40. The molecule has 0 aliphatic rings. The van der Waals surface area contributed by atoms with Gasteiger partial charge in [0.05, 0.1) is 0 Å². The van der Waals surface area contributed by atoms with Gasteiger partial charge in [0.1, 0.15) is 11.3 Å². The van der Waals surface area contributed by atoms with E-state index in [9.17, 15) is 0 Å². The normalized spacial score (nSPS) is 12.1. The molecule has 23 heavy (non-hydrogen) atoms. The van der Waals surface area contributed by atoms with E-state index in [-0.39, 0.29) is 6.04 Å². The fourth-order valence-corrected chi connectivity index (χ4v) is 2.74. The molecule has 3 aromatic rings. The number of hydrazone groups is 1. The summed E-state index contributed by atoms with van der Waals surface area (Å²) in [5.41, 5.74) is 4.45. The van der Waals surface area contributed by atoms with E-state index >= 15 is 0 Å². The first-order valence-corrected chi connectivity index (χ1v) is 7.98. The summed E-state index contributed by atoms with van der Waals surface area (Å²) in [6, 6.07) is 14.6. The van der Waals surface area contributed by atoms with Gasteiger partial charge in [-0.1, -0.05) is 30.3 Å². The highest BCUT2D eigenvalue weighted by Crippen LogP contribution is 2.28. The zero-order valence-electron chi connectivity index (χ0n) is 13.4. The summed E-state index contributed by atoms with van der Waals surface area (Å²) in [7, 11) is 0. The number of hydrogen-bond acceptors (Lipinski definition) is 3. The number of hydrogen-bond donors (Lipinski definition) is 2. The number of rotatable bonds is 3. The van der Waals surface area contributed by atoms with E-state index in [4.69, 9.17) is 16.6 Å². The van der Waals surface area contributed by atoms with Gasteiger partial charge < -0.3 is 9.73 Å². The first-order chi connectivity index (χ1) is 11.0. The molecule has 0 saturated carbocycles. The van der Waals surface area contributed by atoms with E-state index in [1.807, 2.05) is 45.0 Å². The lowest BCUT2D eigenvalue weighted by Gasteiger charge is -2.09. The van der Waals surface area contributed by atoms with Crippen LogP contribution in [0.25, 0.3) is 21.7 Å². The van der Waals surface area contributed by atoms with Crippen LogP contribution >= 0.6 is 12.2 Å². The molecule has 1 heterocycles. The minimum atomic E-state index is 0.267. The molecular formula is C18H19N3OS. The molecule has 0 aliphatic carbocycles. The molecule has 118 valence electrons. The highest BCUT2D eigenvalue weighted by molar-refractivity contribution is 7.80. The molecule has 5 heteroatoms. The van der Waals surface area contributed by atoms with Crippen molar-refractivity contribution in [3.63, 3.8) is 0 Å². The fraction of sp³-hybridized carbons (Fsp3) is 0.222. The zero-order chi connectivity index (χ0) is 16.4. The smallest absolute Gasteiger partial charge is 0.187 e. The SMILES string of the molecule is C/C(=N/NC(=S)NC(C)C)c1cc2c(ccc3ccccc32)o1. The Kier molecular flexibility index (Phi) is 4.30. The average molecular weight is 325 g/mol. The predicted molar refractivity (Wildman–Crippen MR) is 99.9 cm³/mol. The molecule has 0 radical (unpaired) electrons. The summed E-state index contributed by atoms with van der Waals surface area (Å²) in [4.78, 5) is 0. The third-order valence-corrected chi connectivity index (χ3v) is 3.74. The van der Waals surface area contributed by atoms with E-state index < -0.39 is 0 Å². The monoisotopic (exact) mass is 325 g/mol. The Morgan fingerprint density at radius 3 is 2.70 bits per heavy atom. The van der Waals surface area contributed by atoms with E-state index in [2.05, 4.69) is 34.0 Å². The van der Waals surface area contributed by atoms with Crippen LogP contribution in [0.4, 0.5) is 0 Å². The van der Waals surface area contributed by atoms with E-state index in [1.54, 1.807) is 0 Å². The first-order valence-electron chi connectivity index (χ1n) is 7.57. The van der Waals surface area contributed by atoms with Gasteiger partial charge in [-0.3, -0.25) is 5.43 Å². The highest BCUT2D eigenvalue weighted by atomic mass is 32.1. The Bertz CT molecular complexity index is 896. The van der Waals surface area contributed by atoms with Gasteiger partial charge in [-0.25, -0.2) is 0 Å². The van der Waals surface area contributed by atoms with Gasteiger partial charge in [-0.05, 0) is 55.9 Å². The summed E-state index contributed by atoms with van der Waals surface area (Å²) in [5, 5.41) is 11.3. The zero-order valence-corrected chi connectivity index (χ0v) is 14.2. The number of benzene rings is 2. The molecule has 0 amide bonds. The number of furan rings is 1. The van der Waals surface area contributed by atoms with Crippen molar-refractivity contribution < 1.29 is 4.42 Å². The maximum Gasteiger partial charge on any atom is 0.187 e. The molecule has 0 fully saturated rings. The van der Waals surface area contributed by atoms with Crippen LogP contribution in [0.3, 0.4) is 0 Å². The summed E-state index contributed by atoms with van der Waals surface area (Å²) < 4.78 is 5.92. The molecule has 2 N–H and O–H groups in total. The first kappa shape index (κ1) is 15.5. The van der Waals surface area contributed by atoms with Crippen molar-refractivity contribution in [3.05, 3.63) is 48.2 Å². The molecule has 0 bridgehead atoms. The average Bonchev–Trinajstić information content (AvgIpc) is 2.96. The van der Waals surface area contributed by atoms with Crippen LogP contribution in [0, 0.1) is 0 Å². The third kappa shape index (κ3) is 3.35. The predicted octanol–water partition coefficient (Wildman–Crippen LogP) is 4.18. The maximum atomic E-state index is 5.92. The van der Waals surface area contributed by atoms with Crippen molar-refractivity contribution in [2.24, 2.45) is 5.10 Å². The Balaban J connectivity index is 1.91. The molecule has 0 aliphatic heterocycles. The number of nitrogens with one attached hydrogen (secondary N) is 2. The minimum absolute atomic E-state index is 0.267. The van der Waals surface area contributed by atoms with Gasteiger partial charge in [0.15, 0.2) is 10.9 Å². The van der Waals surface area contributed by atoms with Crippen molar-refractivity contribution in [1.82, 2.24) is 10.7 Å². The van der Waals surface area contributed by atoms with Gasteiger partial charge in [-0.15, -0.1) is 0 Å². The van der Waals surface area contributed by atoms with Crippen LogP contribution < -0.4 is 10.7 Å². The number of thiocarbonyl (C=S) groups is 1. The Labute approximate surface area is 140 Å². The van der Waals surface area contributed by atoms with Crippen molar-refractivity contribution >= 4 is 44.8 Å². The molecule has 0 saturated heterocycles. The summed E-state index contributed by atoms with van der Waals surface area (Å²) in [6.45, 7) is 5.94. The van der Waals surface area contributed by atoms with Crippen LogP contribution in [0.5, 0.6) is 0 Å². The largest absolute Gasteiger partial charge is 0.455 e. The van der Waals surface area contributed by atoms with Crippen LogP contribution in [-0.4, -0.2) is 16.9 Å². The quantitative estimate of drug-likeness (QED) is 0.431. The van der Waals surface area contributed by atoms with Gasteiger partial charge >= 0.3 is 0 Å².